The number of benzene rings is 2. The van der Waals surface area contributed by atoms with E-state index < -0.39 is 0 Å². The summed E-state index contributed by atoms with van der Waals surface area (Å²) in [7, 11) is 2.01. The van der Waals surface area contributed by atoms with E-state index in [-0.39, 0.29) is 11.7 Å². The van der Waals surface area contributed by atoms with Gasteiger partial charge >= 0.3 is 0 Å². The maximum atomic E-state index is 14.0. The van der Waals surface area contributed by atoms with Crippen LogP contribution in [0, 0.1) is 5.82 Å². The van der Waals surface area contributed by atoms with Crippen molar-refractivity contribution in [3.63, 3.8) is 0 Å². The van der Waals surface area contributed by atoms with Gasteiger partial charge < -0.3 is 14.7 Å². The van der Waals surface area contributed by atoms with Gasteiger partial charge in [-0.15, -0.1) is 0 Å². The zero-order valence-electron chi connectivity index (χ0n) is 18.5. The van der Waals surface area contributed by atoms with Crippen molar-refractivity contribution < 1.29 is 9.18 Å². The minimum atomic E-state index is -0.200. The summed E-state index contributed by atoms with van der Waals surface area (Å²) in [5.41, 5.74) is 3.21. The Labute approximate surface area is 185 Å². The van der Waals surface area contributed by atoms with E-state index in [0.717, 1.165) is 19.6 Å². The summed E-state index contributed by atoms with van der Waals surface area (Å²) < 4.78 is 14.0. The molecule has 1 amide bonds. The monoisotopic (exact) mass is 424 g/mol. The summed E-state index contributed by atoms with van der Waals surface area (Å²) in [5, 5.41) is 0. The minimum absolute atomic E-state index is 0.145. The summed E-state index contributed by atoms with van der Waals surface area (Å²) in [6.45, 7) is 5.97. The number of halogens is 1. The van der Waals surface area contributed by atoms with Gasteiger partial charge in [0.2, 0.25) is 5.91 Å². The highest BCUT2D eigenvalue weighted by Gasteiger charge is 2.24. The van der Waals surface area contributed by atoms with Crippen molar-refractivity contribution in [1.82, 2.24) is 9.80 Å². The van der Waals surface area contributed by atoms with Crippen molar-refractivity contribution in [3.05, 3.63) is 59.9 Å². The highest BCUT2D eigenvalue weighted by atomic mass is 19.1. The Kier molecular flexibility index (Phi) is 7.07. The molecule has 2 saturated heterocycles. The number of amides is 1. The topological polar surface area (TPSA) is 30.0 Å². The minimum Gasteiger partial charge on any atom is -0.371 e. The van der Waals surface area contributed by atoms with Crippen LogP contribution < -0.4 is 9.80 Å². The third kappa shape index (κ3) is 5.37. The molecule has 0 spiro atoms. The van der Waals surface area contributed by atoms with Crippen molar-refractivity contribution in [2.24, 2.45) is 0 Å². The second-order valence-corrected chi connectivity index (χ2v) is 8.67. The normalized spacial score (nSPS) is 17.3. The number of para-hydroxylation sites is 2. The lowest BCUT2D eigenvalue weighted by atomic mass is 10.1. The van der Waals surface area contributed by atoms with Crippen LogP contribution in [0.4, 0.5) is 15.8 Å². The second kappa shape index (κ2) is 10.1. The van der Waals surface area contributed by atoms with Crippen LogP contribution in [-0.2, 0) is 11.3 Å². The van der Waals surface area contributed by atoms with Gasteiger partial charge in [-0.2, -0.15) is 0 Å². The Hall–Kier alpha value is -2.60. The Bertz CT molecular complexity index is 875. The fourth-order valence-corrected chi connectivity index (χ4v) is 4.67. The van der Waals surface area contributed by atoms with Gasteiger partial charge in [-0.1, -0.05) is 30.3 Å². The molecule has 2 fully saturated rings. The molecule has 6 heteroatoms. The SMILES string of the molecule is CN(CC(=O)N1CCN(c2ccccc2F)CC1)Cc1ccccc1N1CCCCC1. The third-order valence-corrected chi connectivity index (χ3v) is 6.36. The molecule has 2 aromatic carbocycles. The Morgan fingerprint density at radius 2 is 1.45 bits per heavy atom. The fraction of sp³-hybridized carbons (Fsp3) is 0.480. The largest absolute Gasteiger partial charge is 0.371 e. The Balaban J connectivity index is 1.30. The highest BCUT2D eigenvalue weighted by molar-refractivity contribution is 5.78. The van der Waals surface area contributed by atoms with Gasteiger partial charge in [0.1, 0.15) is 5.82 Å². The van der Waals surface area contributed by atoms with Crippen molar-refractivity contribution in [2.45, 2.75) is 25.8 Å². The van der Waals surface area contributed by atoms with Crippen LogP contribution >= 0.6 is 0 Å². The molecule has 0 saturated carbocycles. The molecule has 2 aliphatic heterocycles. The summed E-state index contributed by atoms with van der Waals surface area (Å²) in [6.07, 6.45) is 3.82. The van der Waals surface area contributed by atoms with Crippen molar-refractivity contribution in [1.29, 1.82) is 0 Å². The molecule has 5 nitrogen and oxygen atoms in total. The average Bonchev–Trinajstić information content (AvgIpc) is 2.80. The van der Waals surface area contributed by atoms with Crippen LogP contribution in [0.2, 0.25) is 0 Å². The van der Waals surface area contributed by atoms with Gasteiger partial charge in [0, 0.05) is 51.5 Å². The average molecular weight is 425 g/mol. The fourth-order valence-electron chi connectivity index (χ4n) is 4.67. The van der Waals surface area contributed by atoms with E-state index in [0.29, 0.717) is 38.4 Å². The van der Waals surface area contributed by atoms with Gasteiger partial charge in [-0.05, 0) is 50.1 Å². The second-order valence-electron chi connectivity index (χ2n) is 8.67. The molecule has 0 atom stereocenters. The molecular formula is C25H33FN4O. The smallest absolute Gasteiger partial charge is 0.236 e. The summed E-state index contributed by atoms with van der Waals surface area (Å²) in [6, 6.07) is 15.4. The number of likely N-dealkylation sites (N-methyl/N-ethyl adjacent to an activating group) is 1. The molecule has 4 rings (SSSR count). The number of piperazine rings is 1. The molecule has 0 aliphatic carbocycles. The van der Waals surface area contributed by atoms with E-state index in [2.05, 4.69) is 34.1 Å². The van der Waals surface area contributed by atoms with E-state index >= 15 is 0 Å². The number of carbonyl (C=O) groups excluding carboxylic acids is 1. The Morgan fingerprint density at radius 3 is 2.16 bits per heavy atom. The molecule has 0 radical (unpaired) electrons. The number of rotatable bonds is 6. The number of carbonyl (C=O) groups is 1. The van der Waals surface area contributed by atoms with E-state index in [1.165, 1.54) is 36.6 Å². The lowest BCUT2D eigenvalue weighted by Gasteiger charge is -2.37. The van der Waals surface area contributed by atoms with Crippen LogP contribution in [0.25, 0.3) is 0 Å². The predicted molar refractivity (Wildman–Crippen MR) is 124 cm³/mol. The number of hydrogen-bond acceptors (Lipinski definition) is 4. The molecule has 2 heterocycles. The van der Waals surface area contributed by atoms with Gasteiger partial charge in [0.25, 0.3) is 0 Å². The molecule has 0 unspecified atom stereocenters. The summed E-state index contributed by atoms with van der Waals surface area (Å²) >= 11 is 0. The molecule has 0 N–H and O–H groups in total. The van der Waals surface area contributed by atoms with Crippen LogP contribution in [0.3, 0.4) is 0 Å². The summed E-state index contributed by atoms with van der Waals surface area (Å²) in [5.74, 6) is -0.0551. The zero-order chi connectivity index (χ0) is 21.6. The number of anilines is 2. The van der Waals surface area contributed by atoms with Gasteiger partial charge in [-0.25, -0.2) is 4.39 Å². The number of nitrogens with zero attached hydrogens (tertiary/aromatic N) is 4. The molecule has 166 valence electrons. The van der Waals surface area contributed by atoms with E-state index in [1.807, 2.05) is 22.9 Å². The third-order valence-electron chi connectivity index (χ3n) is 6.36. The van der Waals surface area contributed by atoms with Crippen LogP contribution in [0.15, 0.2) is 48.5 Å². The molecule has 0 bridgehead atoms. The van der Waals surface area contributed by atoms with Gasteiger partial charge in [-0.3, -0.25) is 9.69 Å². The maximum Gasteiger partial charge on any atom is 0.236 e. The van der Waals surface area contributed by atoms with Crippen molar-refractivity contribution in [3.8, 4) is 0 Å². The van der Waals surface area contributed by atoms with E-state index in [4.69, 9.17) is 0 Å². The maximum absolute atomic E-state index is 14.0. The molecule has 2 aromatic rings. The van der Waals surface area contributed by atoms with Crippen LogP contribution in [0.1, 0.15) is 24.8 Å². The quantitative estimate of drug-likeness (QED) is 0.709. The first kappa shape index (κ1) is 21.6. The number of piperidine rings is 1. The lowest BCUT2D eigenvalue weighted by Crippen LogP contribution is -2.51. The highest BCUT2D eigenvalue weighted by Crippen LogP contribution is 2.25. The zero-order valence-corrected chi connectivity index (χ0v) is 18.5. The first-order valence-corrected chi connectivity index (χ1v) is 11.4. The predicted octanol–water partition coefficient (Wildman–Crippen LogP) is 3.60. The lowest BCUT2D eigenvalue weighted by molar-refractivity contribution is -0.132. The van der Waals surface area contributed by atoms with Crippen LogP contribution in [-0.4, -0.2) is 68.6 Å². The molecule has 31 heavy (non-hydrogen) atoms. The van der Waals surface area contributed by atoms with E-state index in [1.54, 1.807) is 12.1 Å². The van der Waals surface area contributed by atoms with E-state index in [9.17, 15) is 9.18 Å². The first-order chi connectivity index (χ1) is 15.1. The van der Waals surface area contributed by atoms with Crippen molar-refractivity contribution in [2.75, 3.05) is 62.7 Å². The number of hydrogen-bond donors (Lipinski definition) is 0. The van der Waals surface area contributed by atoms with Crippen molar-refractivity contribution >= 4 is 17.3 Å². The molecule has 2 aliphatic rings. The van der Waals surface area contributed by atoms with Crippen LogP contribution in [0.5, 0.6) is 0 Å². The van der Waals surface area contributed by atoms with Gasteiger partial charge in [0.15, 0.2) is 0 Å². The molecular weight excluding hydrogens is 391 g/mol. The summed E-state index contributed by atoms with van der Waals surface area (Å²) in [4.78, 5) is 21.4. The standard InChI is InChI=1S/C25H33FN4O/c1-27(19-21-9-3-5-11-23(21)28-13-7-2-8-14-28)20-25(31)30-17-15-29(16-18-30)24-12-6-4-10-22(24)26/h3-6,9-12H,2,7-8,13-20H2,1H3. The molecule has 0 aromatic heterocycles. The Morgan fingerprint density at radius 1 is 0.839 bits per heavy atom. The van der Waals surface area contributed by atoms with Gasteiger partial charge in [0.05, 0.1) is 12.2 Å². The first-order valence-electron chi connectivity index (χ1n) is 11.4.